The van der Waals surface area contributed by atoms with Crippen molar-refractivity contribution in [3.05, 3.63) is 17.5 Å². The fourth-order valence-corrected chi connectivity index (χ4v) is 3.44. The summed E-state index contributed by atoms with van der Waals surface area (Å²) in [7, 11) is 0. The van der Waals surface area contributed by atoms with Crippen molar-refractivity contribution < 1.29 is 4.79 Å². The number of fused-ring (bicyclic) bond motifs is 1. The Morgan fingerprint density at radius 2 is 2.11 bits per heavy atom. The Balaban J connectivity index is 1.90. The summed E-state index contributed by atoms with van der Waals surface area (Å²) in [5.74, 6) is 3.68. The number of Topliss-reactive ketones (excluding diaryl/α,β-unsaturated/α-hetero) is 1. The molecule has 0 saturated carbocycles. The maximum atomic E-state index is 11.9. The maximum Gasteiger partial charge on any atom is 0.225 e. The van der Waals surface area contributed by atoms with E-state index < -0.39 is 0 Å². The number of aromatic nitrogens is 2. The molecule has 0 aromatic carbocycles. The van der Waals surface area contributed by atoms with Gasteiger partial charge in [0.15, 0.2) is 5.78 Å². The molecule has 1 saturated heterocycles. The number of carbonyl (C=O) groups is 1. The van der Waals surface area contributed by atoms with Gasteiger partial charge in [-0.2, -0.15) is 11.8 Å². The van der Waals surface area contributed by atoms with E-state index in [9.17, 15) is 4.79 Å². The van der Waals surface area contributed by atoms with Crippen LogP contribution in [0.25, 0.3) is 0 Å². The summed E-state index contributed by atoms with van der Waals surface area (Å²) < 4.78 is 0. The van der Waals surface area contributed by atoms with Crippen molar-refractivity contribution in [1.29, 1.82) is 0 Å². The first kappa shape index (κ1) is 12.0. The molecule has 4 nitrogen and oxygen atoms in total. The number of ketones is 1. The fourth-order valence-electron chi connectivity index (χ4n) is 2.54. The second-order valence-electron chi connectivity index (χ2n) is 5.07. The molecule has 96 valence electrons. The van der Waals surface area contributed by atoms with E-state index in [4.69, 9.17) is 0 Å². The molecule has 1 aliphatic carbocycles. The zero-order chi connectivity index (χ0) is 12.5. The Kier molecular flexibility index (Phi) is 3.24. The molecule has 1 fully saturated rings. The highest BCUT2D eigenvalue weighted by Crippen LogP contribution is 2.25. The zero-order valence-electron chi connectivity index (χ0n) is 10.6. The SMILES string of the molecule is CC1CC(=O)c2cnc(N3CCSCC3)nc2C1. The molecule has 1 aromatic heterocycles. The number of anilines is 1. The van der Waals surface area contributed by atoms with Gasteiger partial charge in [0, 0.05) is 37.2 Å². The summed E-state index contributed by atoms with van der Waals surface area (Å²) in [6, 6.07) is 0. The van der Waals surface area contributed by atoms with Crippen LogP contribution in [0.2, 0.25) is 0 Å². The Morgan fingerprint density at radius 1 is 1.33 bits per heavy atom. The molecule has 1 aliphatic heterocycles. The van der Waals surface area contributed by atoms with Gasteiger partial charge in [0.25, 0.3) is 0 Å². The number of carbonyl (C=O) groups excluding carboxylic acids is 1. The topological polar surface area (TPSA) is 46.1 Å². The number of nitrogens with zero attached hydrogens (tertiary/aromatic N) is 3. The molecule has 1 unspecified atom stereocenters. The van der Waals surface area contributed by atoms with Gasteiger partial charge in [-0.15, -0.1) is 0 Å². The zero-order valence-corrected chi connectivity index (χ0v) is 11.4. The summed E-state index contributed by atoms with van der Waals surface area (Å²) in [4.78, 5) is 23.1. The van der Waals surface area contributed by atoms with Gasteiger partial charge in [0.05, 0.1) is 11.3 Å². The Hall–Kier alpha value is -1.10. The lowest BCUT2D eigenvalue weighted by atomic mass is 9.88. The first-order valence-electron chi connectivity index (χ1n) is 6.46. The predicted octanol–water partition coefficient (Wildman–Crippen LogP) is 1.79. The van der Waals surface area contributed by atoms with Crippen LogP contribution in [0.4, 0.5) is 5.95 Å². The van der Waals surface area contributed by atoms with Gasteiger partial charge in [-0.3, -0.25) is 4.79 Å². The van der Waals surface area contributed by atoms with Crippen LogP contribution in [0.5, 0.6) is 0 Å². The van der Waals surface area contributed by atoms with Crippen LogP contribution in [0.15, 0.2) is 6.20 Å². The molecule has 5 heteroatoms. The average molecular weight is 263 g/mol. The minimum absolute atomic E-state index is 0.199. The lowest BCUT2D eigenvalue weighted by Gasteiger charge is -2.28. The molecule has 2 heterocycles. The molecular weight excluding hydrogens is 246 g/mol. The predicted molar refractivity (Wildman–Crippen MR) is 73.4 cm³/mol. The monoisotopic (exact) mass is 263 g/mol. The highest BCUT2D eigenvalue weighted by atomic mass is 32.2. The second-order valence-corrected chi connectivity index (χ2v) is 6.29. The van der Waals surface area contributed by atoms with Crippen molar-refractivity contribution in [2.75, 3.05) is 29.5 Å². The Labute approximate surface area is 111 Å². The van der Waals surface area contributed by atoms with Crippen LogP contribution in [0, 0.1) is 5.92 Å². The van der Waals surface area contributed by atoms with Crippen LogP contribution in [0.3, 0.4) is 0 Å². The van der Waals surface area contributed by atoms with Crippen molar-refractivity contribution in [3.8, 4) is 0 Å². The third kappa shape index (κ3) is 2.23. The smallest absolute Gasteiger partial charge is 0.225 e. The van der Waals surface area contributed by atoms with Gasteiger partial charge in [0.2, 0.25) is 5.95 Å². The highest BCUT2D eigenvalue weighted by Gasteiger charge is 2.25. The summed E-state index contributed by atoms with van der Waals surface area (Å²) in [6.45, 7) is 4.13. The molecule has 0 amide bonds. The lowest BCUT2D eigenvalue weighted by molar-refractivity contribution is 0.0951. The largest absolute Gasteiger partial charge is 0.339 e. The molecule has 1 aromatic rings. The van der Waals surface area contributed by atoms with Crippen LogP contribution in [-0.2, 0) is 6.42 Å². The molecule has 0 radical (unpaired) electrons. The Bertz CT molecular complexity index is 471. The maximum absolute atomic E-state index is 11.9. The van der Waals surface area contributed by atoms with Crippen molar-refractivity contribution in [2.45, 2.75) is 19.8 Å². The summed E-state index contributed by atoms with van der Waals surface area (Å²) in [5, 5.41) is 0. The van der Waals surface area contributed by atoms with E-state index in [1.165, 1.54) is 0 Å². The molecule has 0 spiro atoms. The first-order chi connectivity index (χ1) is 8.74. The van der Waals surface area contributed by atoms with Crippen molar-refractivity contribution >= 4 is 23.5 Å². The van der Waals surface area contributed by atoms with Gasteiger partial charge in [-0.05, 0) is 12.3 Å². The van der Waals surface area contributed by atoms with Gasteiger partial charge in [-0.25, -0.2) is 9.97 Å². The van der Waals surface area contributed by atoms with Crippen LogP contribution >= 0.6 is 11.8 Å². The van der Waals surface area contributed by atoms with Crippen LogP contribution in [-0.4, -0.2) is 40.3 Å². The fraction of sp³-hybridized carbons (Fsp3) is 0.615. The highest BCUT2D eigenvalue weighted by molar-refractivity contribution is 7.99. The van der Waals surface area contributed by atoms with Crippen molar-refractivity contribution in [1.82, 2.24) is 9.97 Å². The summed E-state index contributed by atoms with van der Waals surface area (Å²) >= 11 is 1.97. The molecule has 18 heavy (non-hydrogen) atoms. The van der Waals surface area contributed by atoms with Gasteiger partial charge in [0.1, 0.15) is 0 Å². The summed E-state index contributed by atoms with van der Waals surface area (Å²) in [5.41, 5.74) is 1.69. The summed E-state index contributed by atoms with van der Waals surface area (Å²) in [6.07, 6.45) is 3.27. The van der Waals surface area contributed by atoms with Crippen molar-refractivity contribution in [2.24, 2.45) is 5.92 Å². The van der Waals surface area contributed by atoms with E-state index >= 15 is 0 Å². The van der Waals surface area contributed by atoms with Crippen LogP contribution in [0.1, 0.15) is 29.4 Å². The molecule has 0 bridgehead atoms. The number of hydrogen-bond donors (Lipinski definition) is 0. The van der Waals surface area contributed by atoms with Crippen LogP contribution < -0.4 is 4.90 Å². The molecule has 3 rings (SSSR count). The normalized spacial score (nSPS) is 23.9. The average Bonchev–Trinajstić information content (AvgIpc) is 2.39. The molecular formula is C13H17N3OS. The van der Waals surface area contributed by atoms with Crippen molar-refractivity contribution in [3.63, 3.8) is 0 Å². The third-order valence-electron chi connectivity index (χ3n) is 3.52. The van der Waals surface area contributed by atoms with E-state index in [0.29, 0.717) is 12.3 Å². The van der Waals surface area contributed by atoms with Gasteiger partial charge in [-0.1, -0.05) is 6.92 Å². The first-order valence-corrected chi connectivity index (χ1v) is 7.61. The Morgan fingerprint density at radius 3 is 2.89 bits per heavy atom. The van der Waals surface area contributed by atoms with E-state index in [0.717, 1.165) is 48.2 Å². The van der Waals surface area contributed by atoms with E-state index in [1.807, 2.05) is 11.8 Å². The minimum Gasteiger partial charge on any atom is -0.339 e. The van der Waals surface area contributed by atoms with E-state index in [1.54, 1.807) is 6.20 Å². The van der Waals surface area contributed by atoms with E-state index in [2.05, 4.69) is 21.8 Å². The number of rotatable bonds is 1. The second kappa shape index (κ2) is 4.88. The van der Waals surface area contributed by atoms with Gasteiger partial charge < -0.3 is 4.90 Å². The third-order valence-corrected chi connectivity index (χ3v) is 4.47. The molecule has 2 aliphatic rings. The molecule has 1 atom stereocenters. The lowest BCUT2D eigenvalue weighted by Crippen LogP contribution is -2.34. The standard InChI is InChI=1S/C13H17N3OS/c1-9-6-11-10(12(17)7-9)8-14-13(15-11)16-2-4-18-5-3-16/h8-9H,2-7H2,1H3. The molecule has 0 N–H and O–H groups in total. The quantitative estimate of drug-likeness (QED) is 0.773. The van der Waals surface area contributed by atoms with Gasteiger partial charge >= 0.3 is 0 Å². The number of thioether (sulfide) groups is 1. The minimum atomic E-state index is 0.199. The van der Waals surface area contributed by atoms with E-state index in [-0.39, 0.29) is 5.78 Å². The number of hydrogen-bond acceptors (Lipinski definition) is 5.